The summed E-state index contributed by atoms with van der Waals surface area (Å²) in [5.41, 5.74) is 6.86. The van der Waals surface area contributed by atoms with Crippen LogP contribution in [0.1, 0.15) is 25.3 Å². The number of likely N-dealkylation sites (tertiary alicyclic amines) is 1. The van der Waals surface area contributed by atoms with Gasteiger partial charge in [0.25, 0.3) is 0 Å². The molecule has 0 atom stereocenters. The molecular weight excluding hydrogens is 264 g/mol. The summed E-state index contributed by atoms with van der Waals surface area (Å²) in [6.45, 7) is 3.92. The molecule has 0 saturated carbocycles. The second kappa shape index (κ2) is 6.43. The van der Waals surface area contributed by atoms with Gasteiger partial charge in [0, 0.05) is 18.7 Å². The lowest BCUT2D eigenvalue weighted by atomic mass is 9.98. The first-order chi connectivity index (χ1) is 9.99. The zero-order chi connectivity index (χ0) is 15.4. The first kappa shape index (κ1) is 15.1. The summed E-state index contributed by atoms with van der Waals surface area (Å²) in [6, 6.07) is 6.72. The summed E-state index contributed by atoms with van der Waals surface area (Å²) in [5, 5.41) is 25.7. The van der Waals surface area contributed by atoms with Crippen LogP contribution in [0, 0.1) is 16.7 Å². The van der Waals surface area contributed by atoms with Crippen molar-refractivity contribution in [3.63, 3.8) is 0 Å². The van der Waals surface area contributed by atoms with Gasteiger partial charge in [0.05, 0.1) is 11.4 Å². The van der Waals surface area contributed by atoms with Gasteiger partial charge in [-0.15, -0.1) is 0 Å². The van der Waals surface area contributed by atoms with Gasteiger partial charge in [-0.1, -0.05) is 19.1 Å². The molecule has 1 aromatic carbocycles. The van der Waals surface area contributed by atoms with E-state index in [0.29, 0.717) is 17.2 Å². The number of aromatic hydroxyl groups is 1. The summed E-state index contributed by atoms with van der Waals surface area (Å²) in [5.74, 6) is 0.714. The fraction of sp³-hybridized carbons (Fsp3) is 0.375. The molecule has 1 saturated heterocycles. The molecule has 21 heavy (non-hydrogen) atoms. The third-order valence-electron chi connectivity index (χ3n) is 3.88. The van der Waals surface area contributed by atoms with Crippen LogP contribution in [-0.2, 0) is 0 Å². The maximum atomic E-state index is 9.81. The Bertz CT molecular complexity index is 571. The molecule has 5 N–H and O–H groups in total. The minimum Gasteiger partial charge on any atom is -0.507 e. The van der Waals surface area contributed by atoms with Crippen LogP contribution in [0.15, 0.2) is 36.0 Å². The number of allylic oxidation sites excluding steroid dienone is 1. The molecule has 1 heterocycles. The van der Waals surface area contributed by atoms with Crippen molar-refractivity contribution in [2.75, 3.05) is 13.1 Å². The largest absolute Gasteiger partial charge is 0.507 e. The van der Waals surface area contributed by atoms with E-state index >= 15 is 0 Å². The topological polar surface area (TPSA) is 97.2 Å². The van der Waals surface area contributed by atoms with Crippen molar-refractivity contribution in [1.82, 2.24) is 4.90 Å². The Morgan fingerprint density at radius 2 is 1.90 bits per heavy atom. The number of nitrogens with two attached hydrogens (primary N) is 1. The van der Waals surface area contributed by atoms with E-state index in [1.165, 1.54) is 0 Å². The number of para-hydroxylation sites is 1. The van der Waals surface area contributed by atoms with Gasteiger partial charge in [0.2, 0.25) is 0 Å². The third-order valence-corrected chi connectivity index (χ3v) is 3.88. The lowest BCUT2D eigenvalue weighted by Crippen LogP contribution is -2.37. The summed E-state index contributed by atoms with van der Waals surface area (Å²) in [4.78, 5) is 2.05. The van der Waals surface area contributed by atoms with Crippen LogP contribution >= 0.6 is 0 Å². The van der Waals surface area contributed by atoms with Gasteiger partial charge in [-0.2, -0.15) is 0 Å². The average Bonchev–Trinajstić information content (AvgIpc) is 2.46. The van der Waals surface area contributed by atoms with Crippen LogP contribution in [0.4, 0.5) is 0 Å². The lowest BCUT2D eigenvalue weighted by molar-refractivity contribution is 0.246. The zero-order valence-electron chi connectivity index (χ0n) is 12.3. The lowest BCUT2D eigenvalue weighted by Gasteiger charge is -2.33. The highest BCUT2D eigenvalue weighted by Gasteiger charge is 2.20. The van der Waals surface area contributed by atoms with Gasteiger partial charge in [-0.25, -0.2) is 0 Å². The van der Waals surface area contributed by atoms with Gasteiger partial charge < -0.3 is 21.1 Å². The van der Waals surface area contributed by atoms with Crippen LogP contribution in [-0.4, -0.2) is 34.6 Å². The number of amidine groups is 1. The Hall–Kier alpha value is -2.30. The van der Waals surface area contributed by atoms with Crippen molar-refractivity contribution in [3.05, 3.63) is 41.6 Å². The van der Waals surface area contributed by atoms with Crippen LogP contribution in [0.3, 0.4) is 0 Å². The fourth-order valence-electron chi connectivity index (χ4n) is 2.50. The Morgan fingerprint density at radius 1 is 1.29 bits per heavy atom. The second-order valence-electron chi connectivity index (χ2n) is 5.54. The highest BCUT2D eigenvalue weighted by molar-refractivity contribution is 6.12. The van der Waals surface area contributed by atoms with Crippen LogP contribution in [0.2, 0.25) is 0 Å². The smallest absolute Gasteiger partial charge is 0.139 e. The minimum atomic E-state index is -0.0373. The van der Waals surface area contributed by atoms with E-state index in [1.807, 2.05) is 0 Å². The Kier molecular flexibility index (Phi) is 4.62. The first-order valence-electron chi connectivity index (χ1n) is 7.17. The summed E-state index contributed by atoms with van der Waals surface area (Å²) in [7, 11) is 0. The monoisotopic (exact) mass is 286 g/mol. The molecule has 2 rings (SSSR count). The summed E-state index contributed by atoms with van der Waals surface area (Å²) < 4.78 is 0. The molecule has 1 aromatic rings. The van der Waals surface area contributed by atoms with Gasteiger partial charge in [-0.05, 0) is 37.0 Å². The van der Waals surface area contributed by atoms with E-state index < -0.39 is 0 Å². The Labute approximate surface area is 125 Å². The number of hydrogen-bond acceptors (Lipinski definition) is 4. The van der Waals surface area contributed by atoms with Crippen molar-refractivity contribution in [2.24, 2.45) is 11.7 Å². The van der Waals surface area contributed by atoms with Crippen LogP contribution in [0.25, 0.3) is 0 Å². The van der Waals surface area contributed by atoms with Crippen molar-refractivity contribution in [1.29, 1.82) is 10.8 Å². The molecular formula is C16H22N4O. The highest BCUT2D eigenvalue weighted by atomic mass is 16.3. The minimum absolute atomic E-state index is 0.0373. The van der Waals surface area contributed by atoms with Crippen molar-refractivity contribution in [2.45, 2.75) is 19.8 Å². The number of nitrogens with one attached hydrogen (secondary N) is 2. The number of phenolic OH excluding ortho intramolecular Hbond substituents is 1. The van der Waals surface area contributed by atoms with Crippen LogP contribution in [0.5, 0.6) is 5.75 Å². The van der Waals surface area contributed by atoms with Crippen LogP contribution < -0.4 is 5.73 Å². The fourth-order valence-corrected chi connectivity index (χ4v) is 2.50. The van der Waals surface area contributed by atoms with E-state index in [2.05, 4.69) is 11.8 Å². The molecule has 0 bridgehead atoms. The average molecular weight is 286 g/mol. The van der Waals surface area contributed by atoms with Crippen molar-refractivity contribution >= 4 is 11.5 Å². The van der Waals surface area contributed by atoms with E-state index in [-0.39, 0.29) is 17.3 Å². The van der Waals surface area contributed by atoms with E-state index in [9.17, 15) is 5.11 Å². The normalized spacial score (nSPS) is 16.8. The number of rotatable bonds is 4. The first-order valence-corrected chi connectivity index (χ1v) is 7.17. The SMILES string of the molecule is CC1CCN(/C(=C/C(=N)c2ccccc2O)C(=N)N)CC1. The third kappa shape index (κ3) is 3.62. The molecule has 0 spiro atoms. The number of phenols is 1. The number of piperidine rings is 1. The maximum Gasteiger partial charge on any atom is 0.139 e. The molecule has 0 aliphatic carbocycles. The standard InChI is InChI=1S/C16H22N4O/c1-11-6-8-20(9-7-11)14(16(18)19)10-13(17)12-4-2-3-5-15(12)21/h2-5,10-11,17,21H,6-9H2,1H3,(H3,18,19)/b14-10+,17-13?. The molecule has 5 heteroatoms. The van der Waals surface area contributed by atoms with Gasteiger partial charge >= 0.3 is 0 Å². The number of nitrogens with zero attached hydrogens (tertiary/aromatic N) is 1. The van der Waals surface area contributed by atoms with Gasteiger partial charge in [0.1, 0.15) is 11.6 Å². The van der Waals surface area contributed by atoms with E-state index in [1.54, 1.807) is 30.3 Å². The Morgan fingerprint density at radius 3 is 2.48 bits per heavy atom. The molecule has 1 aliphatic heterocycles. The molecule has 0 radical (unpaired) electrons. The Balaban J connectivity index is 2.24. The number of benzene rings is 1. The highest BCUT2D eigenvalue weighted by Crippen LogP contribution is 2.21. The quantitative estimate of drug-likeness (QED) is 0.505. The molecule has 5 nitrogen and oxygen atoms in total. The zero-order valence-corrected chi connectivity index (χ0v) is 12.3. The van der Waals surface area contributed by atoms with E-state index in [4.69, 9.17) is 16.6 Å². The second-order valence-corrected chi connectivity index (χ2v) is 5.54. The maximum absolute atomic E-state index is 9.81. The molecule has 1 aliphatic rings. The number of hydrogen-bond donors (Lipinski definition) is 4. The van der Waals surface area contributed by atoms with Crippen molar-refractivity contribution in [3.8, 4) is 5.75 Å². The molecule has 0 unspecified atom stereocenters. The predicted molar refractivity (Wildman–Crippen MR) is 84.9 cm³/mol. The predicted octanol–water partition coefficient (Wildman–Crippen LogP) is 2.31. The molecule has 0 amide bonds. The summed E-state index contributed by atoms with van der Waals surface area (Å²) in [6.07, 6.45) is 3.70. The van der Waals surface area contributed by atoms with Crippen molar-refractivity contribution < 1.29 is 5.11 Å². The molecule has 0 aromatic heterocycles. The molecule has 112 valence electrons. The van der Waals surface area contributed by atoms with Gasteiger partial charge in [-0.3, -0.25) is 5.41 Å². The summed E-state index contributed by atoms with van der Waals surface area (Å²) >= 11 is 0. The van der Waals surface area contributed by atoms with E-state index in [0.717, 1.165) is 25.9 Å². The van der Waals surface area contributed by atoms with Gasteiger partial charge in [0.15, 0.2) is 0 Å². The molecule has 1 fully saturated rings.